The van der Waals surface area contributed by atoms with Gasteiger partial charge in [0.15, 0.2) is 0 Å². The van der Waals surface area contributed by atoms with E-state index in [4.69, 9.17) is 11.6 Å². The highest BCUT2D eigenvalue weighted by atomic mass is 35.5. The van der Waals surface area contributed by atoms with E-state index in [1.807, 2.05) is 0 Å². The van der Waals surface area contributed by atoms with Crippen molar-refractivity contribution in [3.63, 3.8) is 0 Å². The second kappa shape index (κ2) is 5.50. The molecule has 0 fully saturated rings. The Balaban J connectivity index is 2.11. The Bertz CT molecular complexity index is 609. The average Bonchev–Trinajstić information content (AvgIpc) is 2.40. The van der Waals surface area contributed by atoms with E-state index in [0.29, 0.717) is 10.7 Å². The predicted octanol–water partition coefficient (Wildman–Crippen LogP) is 4.01. The van der Waals surface area contributed by atoms with Gasteiger partial charge in [0, 0.05) is 16.9 Å². The SMILES string of the molecule is O=C(Nc1ccc(Cl)cc1)c1ccc(C(F)(F)F)nc1. The fraction of sp³-hybridized carbons (Fsp3) is 0.0769. The second-order valence-electron chi connectivity index (χ2n) is 3.89. The van der Waals surface area contributed by atoms with Crippen LogP contribution in [0, 0.1) is 0 Å². The summed E-state index contributed by atoms with van der Waals surface area (Å²) in [6, 6.07) is 8.16. The minimum atomic E-state index is -4.52. The molecule has 0 aliphatic heterocycles. The van der Waals surface area contributed by atoms with E-state index in [-0.39, 0.29) is 5.56 Å². The lowest BCUT2D eigenvalue weighted by atomic mass is 10.2. The topological polar surface area (TPSA) is 42.0 Å². The van der Waals surface area contributed by atoms with Gasteiger partial charge in [-0.2, -0.15) is 13.2 Å². The Kier molecular flexibility index (Phi) is 3.94. The smallest absolute Gasteiger partial charge is 0.322 e. The number of alkyl halides is 3. The molecule has 0 bridgehead atoms. The van der Waals surface area contributed by atoms with E-state index in [1.54, 1.807) is 24.3 Å². The summed E-state index contributed by atoms with van der Waals surface area (Å²) in [7, 11) is 0. The van der Waals surface area contributed by atoms with E-state index < -0.39 is 17.8 Å². The number of halogens is 4. The Labute approximate surface area is 117 Å². The molecule has 104 valence electrons. The molecule has 0 radical (unpaired) electrons. The van der Waals surface area contributed by atoms with Gasteiger partial charge < -0.3 is 5.32 Å². The van der Waals surface area contributed by atoms with Gasteiger partial charge >= 0.3 is 6.18 Å². The molecular formula is C13H8ClF3N2O. The van der Waals surface area contributed by atoms with Crippen molar-refractivity contribution in [3.8, 4) is 0 Å². The number of hydrogen-bond acceptors (Lipinski definition) is 2. The molecule has 0 aliphatic carbocycles. The lowest BCUT2D eigenvalue weighted by Crippen LogP contribution is -2.14. The fourth-order valence-corrected chi connectivity index (χ4v) is 1.56. The van der Waals surface area contributed by atoms with Crippen LogP contribution in [0.2, 0.25) is 5.02 Å². The summed E-state index contributed by atoms with van der Waals surface area (Å²) in [4.78, 5) is 15.0. The van der Waals surface area contributed by atoms with Gasteiger partial charge in [-0.05, 0) is 36.4 Å². The molecule has 0 unspecified atom stereocenters. The third-order valence-corrected chi connectivity index (χ3v) is 2.67. The van der Waals surface area contributed by atoms with Gasteiger partial charge in [0.2, 0.25) is 0 Å². The van der Waals surface area contributed by atoms with Crippen LogP contribution in [0.3, 0.4) is 0 Å². The van der Waals surface area contributed by atoms with Crippen molar-refractivity contribution in [1.82, 2.24) is 4.98 Å². The number of carbonyl (C=O) groups is 1. The van der Waals surface area contributed by atoms with E-state index in [0.717, 1.165) is 18.3 Å². The zero-order valence-electron chi connectivity index (χ0n) is 9.91. The number of anilines is 1. The number of carbonyl (C=O) groups excluding carboxylic acids is 1. The minimum Gasteiger partial charge on any atom is -0.322 e. The summed E-state index contributed by atoms with van der Waals surface area (Å²) in [6.45, 7) is 0. The monoisotopic (exact) mass is 300 g/mol. The minimum absolute atomic E-state index is 0.0351. The van der Waals surface area contributed by atoms with Gasteiger partial charge in [0.1, 0.15) is 5.69 Å². The van der Waals surface area contributed by atoms with Crippen molar-refractivity contribution in [1.29, 1.82) is 0 Å². The Morgan fingerprint density at radius 1 is 1.10 bits per heavy atom. The maximum absolute atomic E-state index is 12.3. The molecule has 2 aromatic rings. The number of pyridine rings is 1. The van der Waals surface area contributed by atoms with Gasteiger partial charge in [-0.1, -0.05) is 11.6 Å². The third-order valence-electron chi connectivity index (χ3n) is 2.42. The molecule has 20 heavy (non-hydrogen) atoms. The normalized spacial score (nSPS) is 11.2. The number of benzene rings is 1. The number of amides is 1. The van der Waals surface area contributed by atoms with Gasteiger partial charge in [-0.25, -0.2) is 0 Å². The van der Waals surface area contributed by atoms with Crippen LogP contribution in [0.4, 0.5) is 18.9 Å². The summed E-state index contributed by atoms with van der Waals surface area (Å²) in [5, 5.41) is 3.04. The van der Waals surface area contributed by atoms with Crippen LogP contribution in [0.25, 0.3) is 0 Å². The van der Waals surface area contributed by atoms with Crippen LogP contribution < -0.4 is 5.32 Å². The Morgan fingerprint density at radius 2 is 1.75 bits per heavy atom. The van der Waals surface area contributed by atoms with Gasteiger partial charge in [0.25, 0.3) is 5.91 Å². The van der Waals surface area contributed by atoms with Gasteiger partial charge in [-0.15, -0.1) is 0 Å². The first-order chi connectivity index (χ1) is 9.36. The highest BCUT2D eigenvalue weighted by Gasteiger charge is 2.32. The average molecular weight is 301 g/mol. The van der Waals surface area contributed by atoms with Gasteiger partial charge in [0.05, 0.1) is 5.56 Å². The Hall–Kier alpha value is -2.08. The van der Waals surface area contributed by atoms with Crippen molar-refractivity contribution in [2.45, 2.75) is 6.18 Å². The molecule has 0 saturated heterocycles. The number of aromatic nitrogens is 1. The first kappa shape index (κ1) is 14.3. The van der Waals surface area contributed by atoms with Crippen molar-refractivity contribution in [2.24, 2.45) is 0 Å². The molecule has 0 aliphatic rings. The van der Waals surface area contributed by atoms with E-state index in [2.05, 4.69) is 10.3 Å². The van der Waals surface area contributed by atoms with Crippen LogP contribution in [-0.2, 0) is 6.18 Å². The van der Waals surface area contributed by atoms with Crippen LogP contribution in [-0.4, -0.2) is 10.9 Å². The maximum atomic E-state index is 12.3. The van der Waals surface area contributed by atoms with E-state index >= 15 is 0 Å². The standard InChI is InChI=1S/C13H8ClF3N2O/c14-9-2-4-10(5-3-9)19-12(20)8-1-6-11(18-7-8)13(15,16)17/h1-7H,(H,19,20). The van der Waals surface area contributed by atoms with Crippen molar-refractivity contribution < 1.29 is 18.0 Å². The highest BCUT2D eigenvalue weighted by molar-refractivity contribution is 6.30. The molecule has 1 amide bonds. The predicted molar refractivity (Wildman–Crippen MR) is 68.6 cm³/mol. The van der Waals surface area contributed by atoms with Crippen molar-refractivity contribution in [3.05, 3.63) is 58.9 Å². The summed E-state index contributed by atoms with van der Waals surface area (Å²) >= 11 is 5.70. The number of hydrogen-bond donors (Lipinski definition) is 1. The number of nitrogens with one attached hydrogen (secondary N) is 1. The van der Waals surface area contributed by atoms with Gasteiger partial charge in [-0.3, -0.25) is 9.78 Å². The molecular weight excluding hydrogens is 293 g/mol. The van der Waals surface area contributed by atoms with Crippen molar-refractivity contribution in [2.75, 3.05) is 5.32 Å². The summed E-state index contributed by atoms with van der Waals surface area (Å²) < 4.78 is 37.0. The van der Waals surface area contributed by atoms with Crippen LogP contribution in [0.1, 0.15) is 16.1 Å². The summed E-state index contributed by atoms with van der Waals surface area (Å²) in [5.41, 5.74) is -0.521. The lowest BCUT2D eigenvalue weighted by Gasteiger charge is -2.07. The van der Waals surface area contributed by atoms with Crippen LogP contribution in [0.15, 0.2) is 42.6 Å². The zero-order valence-corrected chi connectivity index (χ0v) is 10.7. The quantitative estimate of drug-likeness (QED) is 0.910. The first-order valence-electron chi connectivity index (χ1n) is 5.46. The molecule has 0 spiro atoms. The summed E-state index contributed by atoms with van der Waals surface area (Å²) in [6.07, 6.45) is -3.64. The molecule has 7 heteroatoms. The largest absolute Gasteiger partial charge is 0.433 e. The fourth-order valence-electron chi connectivity index (χ4n) is 1.43. The molecule has 3 nitrogen and oxygen atoms in total. The first-order valence-corrected chi connectivity index (χ1v) is 5.84. The summed E-state index contributed by atoms with van der Waals surface area (Å²) in [5.74, 6) is -0.548. The Morgan fingerprint density at radius 3 is 2.25 bits per heavy atom. The van der Waals surface area contributed by atoms with E-state index in [9.17, 15) is 18.0 Å². The molecule has 1 aromatic heterocycles. The maximum Gasteiger partial charge on any atom is 0.433 e. The van der Waals surface area contributed by atoms with Crippen molar-refractivity contribution >= 4 is 23.2 Å². The highest BCUT2D eigenvalue weighted by Crippen LogP contribution is 2.27. The molecule has 2 rings (SSSR count). The van der Waals surface area contributed by atoms with Crippen LogP contribution >= 0.6 is 11.6 Å². The zero-order chi connectivity index (χ0) is 14.8. The molecule has 1 aromatic carbocycles. The second-order valence-corrected chi connectivity index (χ2v) is 4.33. The molecule has 0 atom stereocenters. The van der Waals surface area contributed by atoms with E-state index in [1.165, 1.54) is 0 Å². The number of rotatable bonds is 2. The lowest BCUT2D eigenvalue weighted by molar-refractivity contribution is -0.141. The molecule has 0 saturated carbocycles. The number of nitrogens with zero attached hydrogens (tertiary/aromatic N) is 1. The third kappa shape index (κ3) is 3.48. The molecule has 1 N–H and O–H groups in total. The molecule has 1 heterocycles. The van der Waals surface area contributed by atoms with Crippen LogP contribution in [0.5, 0.6) is 0 Å².